The number of carbonyl (C=O) groups excluding carboxylic acids is 2. The number of rotatable bonds is 4. The molecule has 0 bridgehead atoms. The van der Waals surface area contributed by atoms with E-state index in [0.717, 1.165) is 16.9 Å². The predicted octanol–water partition coefficient (Wildman–Crippen LogP) is 3.15. The number of fused-ring (bicyclic) bond motifs is 2. The molecule has 10 heteroatoms. The number of ether oxygens (including phenoxy) is 3. The predicted molar refractivity (Wildman–Crippen MR) is 113 cm³/mol. The van der Waals surface area contributed by atoms with Gasteiger partial charge in [-0.25, -0.2) is 4.39 Å². The number of hydrogen-bond donors (Lipinski definition) is 0. The second-order valence-corrected chi connectivity index (χ2v) is 8.29. The molecule has 1 atom stereocenters. The minimum Gasteiger partial charge on any atom is -0.468 e. The maximum atomic E-state index is 13.5. The summed E-state index contributed by atoms with van der Waals surface area (Å²) < 4.78 is 30.3. The van der Waals surface area contributed by atoms with E-state index in [1.54, 1.807) is 12.1 Å². The molecule has 0 spiro atoms. The fourth-order valence-corrected chi connectivity index (χ4v) is 5.04. The summed E-state index contributed by atoms with van der Waals surface area (Å²) in [5, 5.41) is 0. The van der Waals surface area contributed by atoms with Crippen molar-refractivity contribution in [2.75, 3.05) is 18.8 Å². The van der Waals surface area contributed by atoms with Gasteiger partial charge in [0, 0.05) is 12.3 Å². The Kier molecular flexibility index (Phi) is 4.93. The lowest BCUT2D eigenvalue weighted by Crippen LogP contribution is -2.36. The van der Waals surface area contributed by atoms with Crippen LogP contribution in [0.2, 0.25) is 0 Å². The van der Waals surface area contributed by atoms with E-state index in [4.69, 9.17) is 14.2 Å². The van der Waals surface area contributed by atoms with Crippen molar-refractivity contribution < 1.29 is 28.2 Å². The molecule has 3 heterocycles. The fourth-order valence-electron chi connectivity index (χ4n) is 3.94. The van der Waals surface area contributed by atoms with Gasteiger partial charge < -0.3 is 14.2 Å². The Balaban J connectivity index is 1.67. The van der Waals surface area contributed by atoms with Gasteiger partial charge in [0.25, 0.3) is 0 Å². The van der Waals surface area contributed by atoms with Crippen LogP contribution in [0, 0.1) is 5.82 Å². The number of anilines is 2. The lowest BCUT2D eigenvalue weighted by Gasteiger charge is -2.32. The van der Waals surface area contributed by atoms with Crippen molar-refractivity contribution in [1.82, 2.24) is 4.57 Å². The highest BCUT2D eigenvalue weighted by atomic mass is 32.1. The van der Waals surface area contributed by atoms with E-state index in [9.17, 15) is 18.8 Å². The minimum absolute atomic E-state index is 0.0855. The largest absolute Gasteiger partial charge is 0.468 e. The molecule has 3 aromatic rings. The smallest absolute Gasteiger partial charge is 0.325 e. The van der Waals surface area contributed by atoms with E-state index in [-0.39, 0.29) is 31.5 Å². The third-order valence-electron chi connectivity index (χ3n) is 5.45. The molecule has 2 aromatic carbocycles. The quantitative estimate of drug-likeness (QED) is 0.561. The zero-order valence-electron chi connectivity index (χ0n) is 16.9. The molecule has 5 rings (SSSR count). The SMILES string of the molecule is COC(=O)Cn1c2c(sc1=O)C(c1ccc3c(c1)OCO3)CC(=O)N2c1ccc(F)cc1. The Morgan fingerprint density at radius 2 is 1.91 bits per heavy atom. The highest BCUT2D eigenvalue weighted by molar-refractivity contribution is 7.10. The number of carbonyl (C=O) groups is 2. The first-order valence-electron chi connectivity index (χ1n) is 9.74. The normalized spacial score (nSPS) is 16.8. The molecule has 2 aliphatic heterocycles. The van der Waals surface area contributed by atoms with E-state index >= 15 is 0 Å². The monoisotopic (exact) mass is 456 g/mol. The Morgan fingerprint density at radius 1 is 1.16 bits per heavy atom. The van der Waals surface area contributed by atoms with Crippen LogP contribution in [0.5, 0.6) is 11.5 Å². The van der Waals surface area contributed by atoms with Gasteiger partial charge >= 0.3 is 10.8 Å². The van der Waals surface area contributed by atoms with Crippen LogP contribution < -0.4 is 19.2 Å². The zero-order chi connectivity index (χ0) is 22.4. The molecule has 0 N–H and O–H groups in total. The Morgan fingerprint density at radius 3 is 2.66 bits per heavy atom. The van der Waals surface area contributed by atoms with Crippen molar-refractivity contribution in [2.24, 2.45) is 0 Å². The molecule has 164 valence electrons. The van der Waals surface area contributed by atoms with Crippen LogP contribution in [-0.4, -0.2) is 30.3 Å². The summed E-state index contributed by atoms with van der Waals surface area (Å²) in [6, 6.07) is 10.8. The van der Waals surface area contributed by atoms with Crippen LogP contribution >= 0.6 is 11.3 Å². The third kappa shape index (κ3) is 3.32. The van der Waals surface area contributed by atoms with Crippen LogP contribution in [0.4, 0.5) is 15.9 Å². The Bertz CT molecular complexity index is 1280. The van der Waals surface area contributed by atoms with Crippen molar-refractivity contribution in [2.45, 2.75) is 18.9 Å². The zero-order valence-corrected chi connectivity index (χ0v) is 17.7. The van der Waals surface area contributed by atoms with Crippen molar-refractivity contribution in [3.8, 4) is 11.5 Å². The molecular formula is C22H17FN2O6S. The molecule has 32 heavy (non-hydrogen) atoms. The van der Waals surface area contributed by atoms with Gasteiger partial charge in [0.2, 0.25) is 12.7 Å². The van der Waals surface area contributed by atoms with Crippen LogP contribution in [-0.2, 0) is 20.9 Å². The molecule has 0 saturated carbocycles. The lowest BCUT2D eigenvalue weighted by molar-refractivity contribution is -0.141. The number of halogens is 1. The first kappa shape index (κ1) is 20.3. The van der Waals surface area contributed by atoms with Crippen molar-refractivity contribution in [3.63, 3.8) is 0 Å². The number of thiazole rings is 1. The first-order valence-corrected chi connectivity index (χ1v) is 10.6. The lowest BCUT2D eigenvalue weighted by atomic mass is 9.90. The Hall–Kier alpha value is -3.66. The van der Waals surface area contributed by atoms with Crippen molar-refractivity contribution >= 4 is 34.7 Å². The summed E-state index contributed by atoms with van der Waals surface area (Å²) in [5.41, 5.74) is 1.19. The van der Waals surface area contributed by atoms with Gasteiger partial charge in [-0.05, 0) is 42.0 Å². The van der Waals surface area contributed by atoms with E-state index in [0.29, 0.717) is 22.1 Å². The second kappa shape index (κ2) is 7.79. The van der Waals surface area contributed by atoms with E-state index < -0.39 is 22.6 Å². The number of nitrogens with zero attached hydrogens (tertiary/aromatic N) is 2. The third-order valence-corrected chi connectivity index (χ3v) is 6.53. The van der Waals surface area contributed by atoms with E-state index in [1.807, 2.05) is 6.07 Å². The minimum atomic E-state index is -0.621. The highest BCUT2D eigenvalue weighted by Crippen LogP contribution is 2.46. The van der Waals surface area contributed by atoms with Gasteiger partial charge in [0.15, 0.2) is 11.5 Å². The summed E-state index contributed by atoms with van der Waals surface area (Å²) in [7, 11) is 1.23. The van der Waals surface area contributed by atoms with Crippen LogP contribution in [0.25, 0.3) is 0 Å². The molecule has 2 aliphatic rings. The molecule has 8 nitrogen and oxygen atoms in total. The summed E-state index contributed by atoms with van der Waals surface area (Å²) in [6.45, 7) is -0.227. The summed E-state index contributed by atoms with van der Waals surface area (Å²) in [4.78, 5) is 39.8. The fraction of sp³-hybridized carbons (Fsp3) is 0.227. The molecule has 0 radical (unpaired) electrons. The summed E-state index contributed by atoms with van der Waals surface area (Å²) in [5.74, 6) is -0.308. The topological polar surface area (TPSA) is 87.1 Å². The molecule has 1 aromatic heterocycles. The van der Waals surface area contributed by atoms with Crippen LogP contribution in [0.3, 0.4) is 0 Å². The summed E-state index contributed by atoms with van der Waals surface area (Å²) >= 11 is 0.969. The number of esters is 1. The van der Waals surface area contributed by atoms with Gasteiger partial charge in [0.1, 0.15) is 18.2 Å². The number of benzene rings is 2. The van der Waals surface area contributed by atoms with Gasteiger partial charge in [-0.1, -0.05) is 17.4 Å². The second-order valence-electron chi connectivity index (χ2n) is 7.29. The van der Waals surface area contributed by atoms with Gasteiger partial charge in [-0.2, -0.15) is 0 Å². The van der Waals surface area contributed by atoms with E-state index in [1.165, 1.54) is 40.8 Å². The molecule has 0 aliphatic carbocycles. The molecule has 1 amide bonds. The number of amides is 1. The maximum absolute atomic E-state index is 13.5. The molecule has 0 fully saturated rings. The summed E-state index contributed by atoms with van der Waals surface area (Å²) in [6.07, 6.45) is 0.0855. The molecule has 0 saturated heterocycles. The van der Waals surface area contributed by atoms with Crippen LogP contribution in [0.15, 0.2) is 47.3 Å². The van der Waals surface area contributed by atoms with Gasteiger partial charge in [-0.3, -0.25) is 23.9 Å². The average molecular weight is 456 g/mol. The Labute approximate surface area is 185 Å². The van der Waals surface area contributed by atoms with Crippen molar-refractivity contribution in [1.29, 1.82) is 0 Å². The first-order chi connectivity index (χ1) is 15.5. The van der Waals surface area contributed by atoms with Crippen molar-refractivity contribution in [3.05, 3.63) is 68.4 Å². The van der Waals surface area contributed by atoms with E-state index in [2.05, 4.69) is 0 Å². The molecule has 1 unspecified atom stereocenters. The maximum Gasteiger partial charge on any atom is 0.325 e. The van der Waals surface area contributed by atoms with Crippen LogP contribution in [0.1, 0.15) is 22.8 Å². The average Bonchev–Trinajstić information content (AvgIpc) is 3.38. The number of aromatic nitrogens is 1. The standard InChI is InChI=1S/C22H17FN2O6S/c1-29-19(27)10-24-21-20(32-22(24)28)15(12-2-7-16-17(8-12)31-11-30-16)9-18(26)25(21)14-5-3-13(23)4-6-14/h2-8,15H,9-11H2,1H3. The number of hydrogen-bond acceptors (Lipinski definition) is 7. The molecular weight excluding hydrogens is 439 g/mol. The number of methoxy groups -OCH3 is 1. The van der Waals surface area contributed by atoms with Gasteiger partial charge in [0.05, 0.1) is 17.7 Å². The van der Waals surface area contributed by atoms with Gasteiger partial charge in [-0.15, -0.1) is 0 Å². The highest BCUT2D eigenvalue weighted by Gasteiger charge is 2.39.